The largest absolute Gasteiger partial charge is 0.481 e. The van der Waals surface area contributed by atoms with Crippen molar-refractivity contribution in [3.8, 4) is 0 Å². The first-order valence-corrected chi connectivity index (χ1v) is 9.68. The van der Waals surface area contributed by atoms with Crippen LogP contribution in [0.15, 0.2) is 30.3 Å². The molecule has 2 atom stereocenters. The Morgan fingerprint density at radius 3 is 2.54 bits per heavy atom. The molecule has 0 unspecified atom stereocenters. The second-order valence-electron chi connectivity index (χ2n) is 8.37. The quantitative estimate of drug-likeness (QED) is 0.903. The van der Waals surface area contributed by atoms with Gasteiger partial charge in [-0.3, -0.25) is 4.79 Å². The summed E-state index contributed by atoms with van der Waals surface area (Å²) in [6, 6.07) is 10.9. The van der Waals surface area contributed by atoms with Crippen LogP contribution in [0.2, 0.25) is 0 Å². The van der Waals surface area contributed by atoms with Crippen LogP contribution in [-0.4, -0.2) is 35.6 Å². The summed E-state index contributed by atoms with van der Waals surface area (Å²) in [7, 11) is 0. The van der Waals surface area contributed by atoms with Crippen LogP contribution in [-0.2, 0) is 4.79 Å². The van der Waals surface area contributed by atoms with E-state index < -0.39 is 11.4 Å². The minimum atomic E-state index is -0.541. The van der Waals surface area contributed by atoms with Crippen LogP contribution in [0.5, 0.6) is 0 Å². The van der Waals surface area contributed by atoms with Crippen molar-refractivity contribution in [2.24, 2.45) is 17.3 Å². The number of fused-ring (bicyclic) bond motifs is 1. The Kier molecular flexibility index (Phi) is 4.38. The van der Waals surface area contributed by atoms with Gasteiger partial charge in [0, 0.05) is 19.6 Å². The molecule has 1 N–H and O–H groups in total. The average Bonchev–Trinajstić information content (AvgIpc) is 3.14. The standard InChI is InChI=1S/C21H29NO2/c23-20(24)21-12-4-7-19(21)14-22(15-21)13-16-8-10-18(11-9-16)17-5-2-1-3-6-17/h1-3,5-6,16,18-19H,4,7-15H2,(H,23,24)/t16?,18?,19-,21+/m0/s1. The molecule has 0 radical (unpaired) electrons. The molecule has 2 saturated carbocycles. The van der Waals surface area contributed by atoms with Gasteiger partial charge in [-0.25, -0.2) is 0 Å². The van der Waals surface area contributed by atoms with E-state index in [1.165, 1.54) is 31.2 Å². The molecule has 3 nitrogen and oxygen atoms in total. The molecule has 3 fully saturated rings. The lowest BCUT2D eigenvalue weighted by atomic mass is 9.78. The van der Waals surface area contributed by atoms with Crippen LogP contribution in [0.3, 0.4) is 0 Å². The van der Waals surface area contributed by atoms with Gasteiger partial charge in [0.2, 0.25) is 0 Å². The molecule has 0 amide bonds. The van der Waals surface area contributed by atoms with Crippen LogP contribution in [0, 0.1) is 17.3 Å². The molecule has 0 aromatic heterocycles. The smallest absolute Gasteiger partial charge is 0.311 e. The van der Waals surface area contributed by atoms with Crippen molar-refractivity contribution >= 4 is 5.97 Å². The van der Waals surface area contributed by atoms with E-state index in [4.69, 9.17) is 0 Å². The van der Waals surface area contributed by atoms with E-state index in [9.17, 15) is 9.90 Å². The third-order valence-electron chi connectivity index (χ3n) is 7.00. The van der Waals surface area contributed by atoms with E-state index in [0.717, 1.165) is 50.7 Å². The summed E-state index contributed by atoms with van der Waals surface area (Å²) in [4.78, 5) is 14.3. The topological polar surface area (TPSA) is 40.5 Å². The summed E-state index contributed by atoms with van der Waals surface area (Å²) in [5, 5.41) is 9.73. The molecule has 3 heteroatoms. The van der Waals surface area contributed by atoms with Crippen molar-refractivity contribution in [2.45, 2.75) is 50.9 Å². The molecule has 24 heavy (non-hydrogen) atoms. The lowest BCUT2D eigenvalue weighted by Gasteiger charge is -2.32. The molecule has 4 rings (SSSR count). The number of carboxylic acid groups (broad SMARTS) is 1. The molecule has 1 aliphatic heterocycles. The van der Waals surface area contributed by atoms with Gasteiger partial charge in [0.1, 0.15) is 0 Å². The molecule has 2 aliphatic carbocycles. The van der Waals surface area contributed by atoms with Crippen molar-refractivity contribution in [2.75, 3.05) is 19.6 Å². The number of hydrogen-bond acceptors (Lipinski definition) is 2. The Morgan fingerprint density at radius 1 is 1.12 bits per heavy atom. The second-order valence-corrected chi connectivity index (χ2v) is 8.37. The predicted molar refractivity (Wildman–Crippen MR) is 95.0 cm³/mol. The fourth-order valence-corrected chi connectivity index (χ4v) is 5.65. The third kappa shape index (κ3) is 2.88. The van der Waals surface area contributed by atoms with Crippen LogP contribution in [0.1, 0.15) is 56.4 Å². The Bertz CT molecular complexity index is 579. The van der Waals surface area contributed by atoms with E-state index >= 15 is 0 Å². The van der Waals surface area contributed by atoms with Crippen LogP contribution in [0.4, 0.5) is 0 Å². The minimum absolute atomic E-state index is 0.399. The second kappa shape index (κ2) is 6.51. The Labute approximate surface area is 145 Å². The lowest BCUT2D eigenvalue weighted by molar-refractivity contribution is -0.149. The van der Waals surface area contributed by atoms with Gasteiger partial charge < -0.3 is 10.0 Å². The number of carbonyl (C=O) groups is 1. The highest BCUT2D eigenvalue weighted by Crippen LogP contribution is 2.49. The van der Waals surface area contributed by atoms with E-state index in [1.807, 2.05) is 0 Å². The maximum absolute atomic E-state index is 11.8. The van der Waals surface area contributed by atoms with E-state index in [0.29, 0.717) is 5.92 Å². The van der Waals surface area contributed by atoms with Gasteiger partial charge in [0.15, 0.2) is 0 Å². The fraction of sp³-hybridized carbons (Fsp3) is 0.667. The summed E-state index contributed by atoms with van der Waals surface area (Å²) in [6.45, 7) is 2.93. The maximum Gasteiger partial charge on any atom is 0.311 e. The Morgan fingerprint density at radius 2 is 1.88 bits per heavy atom. The predicted octanol–water partition coefficient (Wildman–Crippen LogP) is 4.15. The number of likely N-dealkylation sites (tertiary alicyclic amines) is 1. The van der Waals surface area contributed by atoms with Gasteiger partial charge in [-0.2, -0.15) is 0 Å². The number of hydrogen-bond donors (Lipinski definition) is 1. The van der Waals surface area contributed by atoms with E-state index in [-0.39, 0.29) is 0 Å². The molecule has 1 aromatic rings. The number of carboxylic acids is 1. The summed E-state index contributed by atoms with van der Waals surface area (Å²) >= 11 is 0. The maximum atomic E-state index is 11.8. The fourth-order valence-electron chi connectivity index (χ4n) is 5.65. The highest BCUT2D eigenvalue weighted by molar-refractivity contribution is 5.76. The van der Waals surface area contributed by atoms with Gasteiger partial charge in [-0.05, 0) is 61.8 Å². The Hall–Kier alpha value is -1.35. The zero-order valence-corrected chi connectivity index (χ0v) is 14.5. The minimum Gasteiger partial charge on any atom is -0.481 e. The van der Waals surface area contributed by atoms with Crippen LogP contribution >= 0.6 is 0 Å². The average molecular weight is 327 g/mol. The highest BCUT2D eigenvalue weighted by Gasteiger charge is 2.54. The van der Waals surface area contributed by atoms with Gasteiger partial charge in [0.25, 0.3) is 0 Å². The normalized spacial score (nSPS) is 36.6. The van der Waals surface area contributed by atoms with Crippen molar-refractivity contribution in [3.05, 3.63) is 35.9 Å². The summed E-state index contributed by atoms with van der Waals surface area (Å²) in [5.74, 6) is 1.34. The van der Waals surface area contributed by atoms with Gasteiger partial charge in [-0.1, -0.05) is 36.8 Å². The molecule has 130 valence electrons. The number of rotatable bonds is 4. The highest BCUT2D eigenvalue weighted by atomic mass is 16.4. The van der Waals surface area contributed by atoms with Gasteiger partial charge in [0.05, 0.1) is 5.41 Å². The zero-order chi connectivity index (χ0) is 16.6. The molecule has 1 heterocycles. The van der Waals surface area contributed by atoms with Crippen LogP contribution in [0.25, 0.3) is 0 Å². The number of benzene rings is 1. The van der Waals surface area contributed by atoms with Crippen molar-refractivity contribution in [3.63, 3.8) is 0 Å². The zero-order valence-electron chi connectivity index (χ0n) is 14.5. The van der Waals surface area contributed by atoms with E-state index in [2.05, 4.69) is 35.2 Å². The molecule has 0 spiro atoms. The van der Waals surface area contributed by atoms with E-state index in [1.54, 1.807) is 0 Å². The number of aliphatic carboxylic acids is 1. The third-order valence-corrected chi connectivity index (χ3v) is 7.00. The molecule has 3 aliphatic rings. The molecule has 1 saturated heterocycles. The Balaban J connectivity index is 1.31. The van der Waals surface area contributed by atoms with Crippen LogP contribution < -0.4 is 0 Å². The summed E-state index contributed by atoms with van der Waals surface area (Å²) < 4.78 is 0. The number of nitrogens with zero attached hydrogens (tertiary/aromatic N) is 1. The molecule has 1 aromatic carbocycles. The first-order chi connectivity index (χ1) is 11.7. The van der Waals surface area contributed by atoms with Crippen molar-refractivity contribution in [1.82, 2.24) is 4.90 Å². The van der Waals surface area contributed by atoms with Gasteiger partial charge in [-0.15, -0.1) is 0 Å². The lowest BCUT2D eigenvalue weighted by Crippen LogP contribution is -2.37. The first kappa shape index (κ1) is 16.1. The molecular formula is C21H29NO2. The molecular weight excluding hydrogens is 298 g/mol. The summed E-state index contributed by atoms with van der Waals surface area (Å²) in [5.41, 5.74) is 1.08. The monoisotopic (exact) mass is 327 g/mol. The summed E-state index contributed by atoms with van der Waals surface area (Å²) in [6.07, 6.45) is 8.27. The SMILES string of the molecule is O=C(O)[C@@]12CCC[C@H]1CN(CC1CCC(c3ccccc3)CC1)C2. The van der Waals surface area contributed by atoms with Crippen molar-refractivity contribution < 1.29 is 9.90 Å². The first-order valence-electron chi connectivity index (χ1n) is 9.68. The van der Waals surface area contributed by atoms with Gasteiger partial charge >= 0.3 is 5.97 Å². The van der Waals surface area contributed by atoms with Crippen molar-refractivity contribution in [1.29, 1.82) is 0 Å². The molecule has 0 bridgehead atoms.